The van der Waals surface area contributed by atoms with Crippen LogP contribution in [-0.4, -0.2) is 31.2 Å². The maximum Gasteiger partial charge on any atom is 0.162 e. The van der Waals surface area contributed by atoms with E-state index in [4.69, 9.17) is 14.6 Å². The van der Waals surface area contributed by atoms with Crippen LogP contribution in [0.25, 0.3) is 0 Å². The molecule has 0 saturated heterocycles. The molecule has 4 heteroatoms. The van der Waals surface area contributed by atoms with Crippen LogP contribution < -0.4 is 9.47 Å². The molecule has 0 atom stereocenters. The van der Waals surface area contributed by atoms with Crippen LogP contribution in [-0.2, 0) is 11.2 Å². The highest BCUT2D eigenvalue weighted by Crippen LogP contribution is 2.28. The van der Waals surface area contributed by atoms with Crippen molar-refractivity contribution in [2.24, 2.45) is 0 Å². The van der Waals surface area contributed by atoms with Gasteiger partial charge in [0.05, 0.1) is 13.7 Å². The SMILES string of the molecule is CCOc1ccc(CC(=O)CO)cc1OC. The third-order valence-corrected chi connectivity index (χ3v) is 2.11. The van der Waals surface area contributed by atoms with Crippen LogP contribution in [0.4, 0.5) is 0 Å². The lowest BCUT2D eigenvalue weighted by Gasteiger charge is -2.10. The molecule has 0 saturated carbocycles. The molecule has 16 heavy (non-hydrogen) atoms. The number of ether oxygens (including phenoxy) is 2. The summed E-state index contributed by atoms with van der Waals surface area (Å²) in [6.07, 6.45) is 0.208. The average molecular weight is 224 g/mol. The molecule has 0 spiro atoms. The summed E-state index contributed by atoms with van der Waals surface area (Å²) in [6.45, 7) is 2.02. The van der Waals surface area contributed by atoms with E-state index in [0.29, 0.717) is 18.1 Å². The minimum Gasteiger partial charge on any atom is -0.493 e. The van der Waals surface area contributed by atoms with Gasteiger partial charge >= 0.3 is 0 Å². The predicted octanol–water partition coefficient (Wildman–Crippen LogP) is 1.20. The lowest BCUT2D eigenvalue weighted by Crippen LogP contribution is -2.07. The van der Waals surface area contributed by atoms with E-state index in [1.165, 1.54) is 0 Å². The van der Waals surface area contributed by atoms with Gasteiger partial charge in [0.25, 0.3) is 0 Å². The van der Waals surface area contributed by atoms with Gasteiger partial charge in [0, 0.05) is 6.42 Å². The normalized spacial score (nSPS) is 9.94. The summed E-state index contributed by atoms with van der Waals surface area (Å²) < 4.78 is 10.5. The monoisotopic (exact) mass is 224 g/mol. The molecule has 0 aliphatic rings. The Labute approximate surface area is 94.8 Å². The van der Waals surface area contributed by atoms with Gasteiger partial charge in [-0.1, -0.05) is 6.07 Å². The largest absolute Gasteiger partial charge is 0.493 e. The minimum absolute atomic E-state index is 0.208. The predicted molar refractivity (Wildman–Crippen MR) is 60.0 cm³/mol. The molecule has 0 aromatic heterocycles. The van der Waals surface area contributed by atoms with E-state index in [1.807, 2.05) is 6.92 Å². The Hall–Kier alpha value is -1.55. The van der Waals surface area contributed by atoms with Crippen molar-refractivity contribution < 1.29 is 19.4 Å². The molecule has 1 aromatic rings. The Morgan fingerprint density at radius 3 is 2.69 bits per heavy atom. The van der Waals surface area contributed by atoms with Crippen molar-refractivity contribution in [1.29, 1.82) is 0 Å². The minimum atomic E-state index is -0.435. The second kappa shape index (κ2) is 6.12. The van der Waals surface area contributed by atoms with Crippen molar-refractivity contribution in [3.63, 3.8) is 0 Å². The van der Waals surface area contributed by atoms with Gasteiger partial charge in [-0.2, -0.15) is 0 Å². The van der Waals surface area contributed by atoms with Gasteiger partial charge in [-0.15, -0.1) is 0 Å². The fraction of sp³-hybridized carbons (Fsp3) is 0.417. The maximum absolute atomic E-state index is 11.1. The number of rotatable bonds is 6. The van der Waals surface area contributed by atoms with E-state index in [2.05, 4.69) is 0 Å². The van der Waals surface area contributed by atoms with E-state index >= 15 is 0 Å². The molecule has 1 aromatic carbocycles. The van der Waals surface area contributed by atoms with E-state index in [-0.39, 0.29) is 12.2 Å². The van der Waals surface area contributed by atoms with Gasteiger partial charge in [0.1, 0.15) is 6.61 Å². The molecular formula is C12H16O4. The second-order valence-electron chi connectivity index (χ2n) is 3.29. The first-order chi connectivity index (χ1) is 7.71. The van der Waals surface area contributed by atoms with Crippen LogP contribution in [0.5, 0.6) is 11.5 Å². The number of carbonyl (C=O) groups is 1. The zero-order valence-corrected chi connectivity index (χ0v) is 9.53. The fourth-order valence-electron chi connectivity index (χ4n) is 1.38. The highest BCUT2D eigenvalue weighted by molar-refractivity contribution is 5.81. The van der Waals surface area contributed by atoms with Crippen LogP contribution in [0.3, 0.4) is 0 Å². The van der Waals surface area contributed by atoms with Crippen LogP contribution in [0.1, 0.15) is 12.5 Å². The molecule has 0 amide bonds. The Bertz CT molecular complexity index is 360. The highest BCUT2D eigenvalue weighted by Gasteiger charge is 2.07. The number of benzene rings is 1. The number of aliphatic hydroxyl groups excluding tert-OH is 1. The summed E-state index contributed by atoms with van der Waals surface area (Å²) in [4.78, 5) is 11.1. The zero-order valence-electron chi connectivity index (χ0n) is 9.53. The third-order valence-electron chi connectivity index (χ3n) is 2.11. The number of Topliss-reactive ketones (excluding diaryl/α,β-unsaturated/α-hetero) is 1. The number of carbonyl (C=O) groups excluding carboxylic acids is 1. The van der Waals surface area contributed by atoms with Crippen LogP contribution >= 0.6 is 0 Å². The van der Waals surface area contributed by atoms with Crippen molar-refractivity contribution in [1.82, 2.24) is 0 Å². The van der Waals surface area contributed by atoms with Crippen molar-refractivity contribution in [2.75, 3.05) is 20.3 Å². The number of ketones is 1. The molecule has 1 N–H and O–H groups in total. The lowest BCUT2D eigenvalue weighted by atomic mass is 10.1. The zero-order chi connectivity index (χ0) is 12.0. The molecule has 0 heterocycles. The number of hydrogen-bond donors (Lipinski definition) is 1. The molecule has 0 radical (unpaired) electrons. The summed E-state index contributed by atoms with van der Waals surface area (Å²) in [5.74, 6) is 1.04. The Kier molecular flexibility index (Phi) is 4.79. The first-order valence-corrected chi connectivity index (χ1v) is 5.13. The summed E-state index contributed by atoms with van der Waals surface area (Å²) >= 11 is 0. The van der Waals surface area contributed by atoms with E-state index in [1.54, 1.807) is 25.3 Å². The van der Waals surface area contributed by atoms with Gasteiger partial charge in [0.2, 0.25) is 0 Å². The van der Waals surface area contributed by atoms with Crippen molar-refractivity contribution >= 4 is 5.78 Å². The molecule has 0 aliphatic carbocycles. The van der Waals surface area contributed by atoms with Crippen LogP contribution in [0.15, 0.2) is 18.2 Å². The Balaban J connectivity index is 2.86. The number of aliphatic hydroxyl groups is 1. The van der Waals surface area contributed by atoms with Crippen LogP contribution in [0, 0.1) is 0 Å². The van der Waals surface area contributed by atoms with Gasteiger partial charge in [-0.3, -0.25) is 4.79 Å². The smallest absolute Gasteiger partial charge is 0.162 e. The third kappa shape index (κ3) is 3.24. The van der Waals surface area contributed by atoms with E-state index in [0.717, 1.165) is 5.56 Å². The standard InChI is InChI=1S/C12H16O4/c1-3-16-11-5-4-9(6-10(14)8-13)7-12(11)15-2/h4-5,7,13H,3,6,8H2,1-2H3. The highest BCUT2D eigenvalue weighted by atomic mass is 16.5. The lowest BCUT2D eigenvalue weighted by molar-refractivity contribution is -0.121. The Morgan fingerprint density at radius 1 is 1.38 bits per heavy atom. The molecule has 88 valence electrons. The average Bonchev–Trinajstić information content (AvgIpc) is 2.31. The first-order valence-electron chi connectivity index (χ1n) is 5.13. The molecule has 0 bridgehead atoms. The summed E-state index contributed by atoms with van der Waals surface area (Å²) in [5, 5.41) is 8.66. The molecule has 0 fully saturated rings. The molecular weight excluding hydrogens is 208 g/mol. The topological polar surface area (TPSA) is 55.8 Å². The second-order valence-corrected chi connectivity index (χ2v) is 3.29. The van der Waals surface area contributed by atoms with Gasteiger partial charge in [-0.25, -0.2) is 0 Å². The van der Waals surface area contributed by atoms with Gasteiger partial charge < -0.3 is 14.6 Å². The van der Waals surface area contributed by atoms with Crippen molar-refractivity contribution in [3.8, 4) is 11.5 Å². The number of methoxy groups -OCH3 is 1. The van der Waals surface area contributed by atoms with Gasteiger partial charge in [0.15, 0.2) is 17.3 Å². The van der Waals surface area contributed by atoms with Crippen molar-refractivity contribution in [3.05, 3.63) is 23.8 Å². The molecule has 4 nitrogen and oxygen atoms in total. The molecule has 0 aliphatic heterocycles. The van der Waals surface area contributed by atoms with Crippen molar-refractivity contribution in [2.45, 2.75) is 13.3 Å². The van der Waals surface area contributed by atoms with Gasteiger partial charge in [-0.05, 0) is 24.6 Å². The quantitative estimate of drug-likeness (QED) is 0.788. The molecule has 0 unspecified atom stereocenters. The van der Waals surface area contributed by atoms with E-state index in [9.17, 15) is 4.79 Å². The molecule has 1 rings (SSSR count). The number of hydrogen-bond acceptors (Lipinski definition) is 4. The maximum atomic E-state index is 11.1. The van der Waals surface area contributed by atoms with Crippen LogP contribution in [0.2, 0.25) is 0 Å². The Morgan fingerprint density at radius 2 is 2.12 bits per heavy atom. The summed E-state index contributed by atoms with van der Waals surface area (Å²) in [5.41, 5.74) is 0.805. The summed E-state index contributed by atoms with van der Waals surface area (Å²) in [7, 11) is 1.55. The first kappa shape index (κ1) is 12.5. The fourth-order valence-corrected chi connectivity index (χ4v) is 1.38. The van der Waals surface area contributed by atoms with E-state index < -0.39 is 6.61 Å². The summed E-state index contributed by atoms with van der Waals surface area (Å²) in [6, 6.07) is 5.31.